The normalized spacial score (nSPS) is 15.6. The maximum Gasteiger partial charge on any atom is 0.155 e. The lowest BCUT2D eigenvalue weighted by Gasteiger charge is -2.22. The summed E-state index contributed by atoms with van der Waals surface area (Å²) in [5.41, 5.74) is -6.14. The number of rotatable bonds is 4. The van der Waals surface area contributed by atoms with Crippen LogP contribution in [0.1, 0.15) is 38.7 Å². The predicted molar refractivity (Wildman–Crippen MR) is 104 cm³/mol. The van der Waals surface area contributed by atoms with E-state index in [-0.39, 0.29) is 11.3 Å². The summed E-state index contributed by atoms with van der Waals surface area (Å²) in [5.74, 6) is -4.07. The Kier molecular flexibility index (Phi) is 3.58. The van der Waals surface area contributed by atoms with Gasteiger partial charge in [-0.3, -0.25) is 0 Å². The lowest BCUT2D eigenvalue weighted by molar-refractivity contribution is 0.0744. The van der Waals surface area contributed by atoms with Gasteiger partial charge in [0.1, 0.15) is 17.3 Å². The molecule has 0 spiro atoms. The van der Waals surface area contributed by atoms with Crippen molar-refractivity contribution in [1.29, 1.82) is 0 Å². The Hall–Kier alpha value is -2.63. The molecule has 0 unspecified atom stereocenters. The third-order valence-electron chi connectivity index (χ3n) is 4.04. The summed E-state index contributed by atoms with van der Waals surface area (Å²) in [6.07, 6.45) is 0. The zero-order chi connectivity index (χ0) is 25.6. The summed E-state index contributed by atoms with van der Waals surface area (Å²) >= 11 is 5.72. The van der Waals surface area contributed by atoms with Gasteiger partial charge in [-0.2, -0.15) is 0 Å². The quantitative estimate of drug-likeness (QED) is 0.527. The number of aliphatic hydroxyl groups is 1. The number of hydrogen-bond donors (Lipinski definition) is 1. The first-order valence-electron chi connectivity index (χ1n) is 10.9. The van der Waals surface area contributed by atoms with Gasteiger partial charge in [0.2, 0.25) is 0 Å². The van der Waals surface area contributed by atoms with Gasteiger partial charge < -0.3 is 5.11 Å². The van der Waals surface area contributed by atoms with Crippen molar-refractivity contribution in [3.05, 3.63) is 94.4 Å². The van der Waals surface area contributed by atoms with Crippen molar-refractivity contribution in [3.8, 4) is 11.3 Å². The number of aromatic nitrogens is 1. The first kappa shape index (κ1) is 13.5. The Bertz CT molecular complexity index is 1250. The molecule has 6 heteroatoms. The number of benzene rings is 2. The van der Waals surface area contributed by atoms with Gasteiger partial charge in [0.05, 0.1) is 16.3 Å². The summed E-state index contributed by atoms with van der Waals surface area (Å²) in [6.45, 7) is -3.44. The average molecular weight is 410 g/mol. The molecule has 0 atom stereocenters. The van der Waals surface area contributed by atoms with Crippen LogP contribution in [0, 0.1) is 17.5 Å². The Balaban J connectivity index is 2.44. The van der Waals surface area contributed by atoms with Crippen molar-refractivity contribution in [1.82, 2.24) is 4.98 Å². The summed E-state index contributed by atoms with van der Waals surface area (Å²) in [4.78, 5) is 4.01. The van der Waals surface area contributed by atoms with Gasteiger partial charge in [-0.15, -0.1) is 0 Å². The highest BCUT2D eigenvalue weighted by atomic mass is 35.5. The molecule has 0 bridgehead atoms. The fourth-order valence-electron chi connectivity index (χ4n) is 2.62. The molecule has 1 aromatic heterocycles. The second kappa shape index (κ2) is 7.41. The van der Waals surface area contributed by atoms with E-state index in [1.54, 1.807) is 30.3 Å². The van der Waals surface area contributed by atoms with Crippen LogP contribution < -0.4 is 0 Å². The second-order valence-electron chi connectivity index (χ2n) is 6.02. The summed E-state index contributed by atoms with van der Waals surface area (Å²) in [5, 5.41) is 10.4. The van der Waals surface area contributed by atoms with Crippen LogP contribution in [-0.4, -0.2) is 10.1 Å². The van der Waals surface area contributed by atoms with Gasteiger partial charge in [0, 0.05) is 31.0 Å². The van der Waals surface area contributed by atoms with E-state index in [4.69, 9.17) is 19.8 Å². The Labute approximate surface area is 174 Å². The maximum absolute atomic E-state index is 15.7. The van der Waals surface area contributed by atoms with Crippen LogP contribution in [0.4, 0.5) is 13.2 Å². The minimum atomic E-state index is -3.70. The molecule has 0 radical (unpaired) electrons. The number of nitrogens with zero attached hydrogens (tertiary/aromatic N) is 1. The zero-order valence-corrected chi connectivity index (χ0v) is 15.0. The van der Waals surface area contributed by atoms with Crippen LogP contribution in [0.2, 0.25) is 5.02 Å². The average Bonchev–Trinajstić information content (AvgIpc) is 2.74. The topological polar surface area (TPSA) is 33.1 Å². The molecule has 3 aromatic rings. The Morgan fingerprint density at radius 2 is 1.79 bits per heavy atom. The fourth-order valence-corrected chi connectivity index (χ4v) is 2.78. The molecule has 1 heterocycles. The van der Waals surface area contributed by atoms with E-state index in [9.17, 15) is 13.9 Å². The van der Waals surface area contributed by atoms with Crippen LogP contribution in [0.15, 0.2) is 55.1 Å². The summed E-state index contributed by atoms with van der Waals surface area (Å²) < 4.78 is 90.0. The molecule has 0 aliphatic rings. The van der Waals surface area contributed by atoms with Crippen LogP contribution in [-0.2, 0) is 5.60 Å². The number of halogens is 4. The highest BCUT2D eigenvalue weighted by Gasteiger charge is 2.27. The third kappa shape index (κ3) is 3.81. The highest BCUT2D eigenvalue weighted by molar-refractivity contribution is 6.31. The van der Waals surface area contributed by atoms with Crippen LogP contribution in [0.5, 0.6) is 0 Å². The van der Waals surface area contributed by atoms with E-state index in [1.165, 1.54) is 0 Å². The molecular weight excluding hydrogens is 387 g/mol. The van der Waals surface area contributed by atoms with Crippen LogP contribution in [0.25, 0.3) is 16.8 Å². The molecule has 0 saturated heterocycles. The van der Waals surface area contributed by atoms with Gasteiger partial charge in [-0.25, -0.2) is 18.2 Å². The van der Waals surface area contributed by atoms with E-state index in [0.29, 0.717) is 11.6 Å². The summed E-state index contributed by atoms with van der Waals surface area (Å²) in [6, 6.07) is 10.0. The van der Waals surface area contributed by atoms with E-state index in [1.807, 2.05) is 0 Å². The Morgan fingerprint density at radius 1 is 1.11 bits per heavy atom. The number of hydrogen-bond acceptors (Lipinski definition) is 2. The van der Waals surface area contributed by atoms with E-state index >= 15 is 4.39 Å². The molecule has 0 saturated carbocycles. The monoisotopic (exact) mass is 409 g/mol. The predicted octanol–water partition coefficient (Wildman–Crippen LogP) is 6.11. The van der Waals surface area contributed by atoms with Crippen LogP contribution >= 0.6 is 11.6 Å². The lowest BCUT2D eigenvalue weighted by Crippen LogP contribution is -2.19. The molecule has 2 nitrogen and oxygen atoms in total. The van der Waals surface area contributed by atoms with Gasteiger partial charge in [0.25, 0.3) is 0 Å². The first-order chi connectivity index (χ1) is 15.6. The van der Waals surface area contributed by atoms with Gasteiger partial charge in [0.15, 0.2) is 5.82 Å². The van der Waals surface area contributed by atoms with Crippen molar-refractivity contribution in [3.63, 3.8) is 0 Å². The maximum atomic E-state index is 15.7. The van der Waals surface area contributed by atoms with Crippen molar-refractivity contribution >= 4 is 17.2 Å². The van der Waals surface area contributed by atoms with Gasteiger partial charge in [-0.05, 0) is 31.4 Å². The van der Waals surface area contributed by atoms with E-state index in [2.05, 4.69) is 11.6 Å². The van der Waals surface area contributed by atoms with Gasteiger partial charge in [-0.1, -0.05) is 48.5 Å². The number of pyridine rings is 1. The zero-order valence-electron chi connectivity index (χ0n) is 20.2. The molecule has 28 heavy (non-hydrogen) atoms. The second-order valence-corrected chi connectivity index (χ2v) is 6.43. The molecular formula is C22H17ClF3NO. The van der Waals surface area contributed by atoms with Crippen LogP contribution in [0.3, 0.4) is 0 Å². The molecule has 0 fully saturated rings. The molecule has 0 aliphatic heterocycles. The first-order valence-corrected chi connectivity index (χ1v) is 8.30. The van der Waals surface area contributed by atoms with Crippen molar-refractivity contribution in [2.75, 3.05) is 0 Å². The van der Waals surface area contributed by atoms with Crippen molar-refractivity contribution < 1.29 is 26.5 Å². The largest absolute Gasteiger partial charge is 0.386 e. The minimum absolute atomic E-state index is 0.0927. The van der Waals surface area contributed by atoms with E-state index < -0.39 is 58.6 Å². The summed E-state index contributed by atoms with van der Waals surface area (Å²) in [7, 11) is 0. The van der Waals surface area contributed by atoms with Crippen molar-refractivity contribution in [2.24, 2.45) is 0 Å². The van der Waals surface area contributed by atoms with Crippen molar-refractivity contribution in [2.45, 2.75) is 19.3 Å². The molecule has 2 aromatic carbocycles. The standard InChI is InChI=1S/C22H17ClF3NO/c1-12(13-7-5-4-6-8-13)19-10-15(22(2,3)28)20(26)21(27-19)14-9-16(23)18(25)11-17(14)24/h4-11,28H,1H2,2-3H3/i2D3,3D3. The fraction of sp³-hybridized carbons (Fsp3) is 0.136. The molecule has 0 amide bonds. The highest BCUT2D eigenvalue weighted by Crippen LogP contribution is 2.35. The molecule has 0 aliphatic carbocycles. The molecule has 1 N–H and O–H groups in total. The van der Waals surface area contributed by atoms with Gasteiger partial charge >= 0.3 is 0 Å². The Morgan fingerprint density at radius 3 is 2.43 bits per heavy atom. The smallest absolute Gasteiger partial charge is 0.155 e. The minimum Gasteiger partial charge on any atom is -0.386 e. The molecule has 144 valence electrons. The SMILES string of the molecule is [2H]C([2H])([2H])C(O)(c1cc(C(=C)c2ccccc2)nc(-c2cc(Cl)c(F)cc2F)c1F)C([2H])([2H])[2H]. The third-order valence-corrected chi connectivity index (χ3v) is 4.33. The lowest BCUT2D eigenvalue weighted by atomic mass is 9.93. The molecule has 3 rings (SSSR count). The van der Waals surface area contributed by atoms with E-state index in [0.717, 1.165) is 12.1 Å².